The fraction of sp³-hybridized carbons (Fsp3) is 0.450. The Morgan fingerprint density at radius 3 is 2.35 bits per heavy atom. The molecular weight excluding hydrogens is 346 g/mol. The van der Waals surface area contributed by atoms with Gasteiger partial charge in [-0.05, 0) is 43.4 Å². The Hall–Kier alpha value is -1.92. The summed E-state index contributed by atoms with van der Waals surface area (Å²) in [7, 11) is -3.42. The molecular formula is C20H25N3O2S. The van der Waals surface area contributed by atoms with Gasteiger partial charge in [0.05, 0.1) is 0 Å². The van der Waals surface area contributed by atoms with E-state index in [9.17, 15) is 8.42 Å². The lowest BCUT2D eigenvalue weighted by atomic mass is 10.2. The van der Waals surface area contributed by atoms with Crippen molar-refractivity contribution in [3.8, 4) is 0 Å². The zero-order valence-electron chi connectivity index (χ0n) is 14.9. The van der Waals surface area contributed by atoms with Crippen molar-refractivity contribution in [2.45, 2.75) is 49.6 Å². The molecule has 2 aromatic rings. The highest BCUT2D eigenvalue weighted by Gasteiger charge is 2.31. The smallest absolute Gasteiger partial charge is 0.244 e. The molecule has 0 spiro atoms. The van der Waals surface area contributed by atoms with E-state index in [1.807, 2.05) is 24.3 Å². The van der Waals surface area contributed by atoms with Gasteiger partial charge in [-0.3, -0.25) is 0 Å². The molecule has 0 radical (unpaired) electrons. The summed E-state index contributed by atoms with van der Waals surface area (Å²) in [6.07, 6.45) is 6.86. The number of rotatable bonds is 6. The van der Waals surface area contributed by atoms with Gasteiger partial charge in [0.2, 0.25) is 10.0 Å². The third kappa shape index (κ3) is 3.76. The Kier molecular flexibility index (Phi) is 4.96. The Labute approximate surface area is 155 Å². The lowest BCUT2D eigenvalue weighted by Crippen LogP contribution is -2.35. The van der Waals surface area contributed by atoms with Gasteiger partial charge in [-0.2, -0.15) is 4.31 Å². The van der Waals surface area contributed by atoms with Gasteiger partial charge in [0.25, 0.3) is 0 Å². The summed E-state index contributed by atoms with van der Waals surface area (Å²) in [6, 6.07) is 14.4. The first-order chi connectivity index (χ1) is 12.6. The minimum Gasteiger partial charge on any atom is -0.349 e. The molecule has 0 N–H and O–H groups in total. The molecule has 1 aromatic heterocycles. The SMILES string of the molecule is O=S(=O)(c1ccc(N(Cc2ccccc2)C2CC2)nc1)N1CCCCC1. The van der Waals surface area contributed by atoms with Crippen LogP contribution in [0.2, 0.25) is 0 Å². The number of aromatic nitrogens is 1. The van der Waals surface area contributed by atoms with Gasteiger partial charge < -0.3 is 4.90 Å². The van der Waals surface area contributed by atoms with Crippen molar-refractivity contribution in [2.24, 2.45) is 0 Å². The molecule has 26 heavy (non-hydrogen) atoms. The minimum absolute atomic E-state index is 0.304. The molecule has 138 valence electrons. The second kappa shape index (κ2) is 7.37. The molecule has 1 saturated heterocycles. The summed E-state index contributed by atoms with van der Waals surface area (Å²) in [4.78, 5) is 7.11. The van der Waals surface area contributed by atoms with Gasteiger partial charge in [-0.1, -0.05) is 36.8 Å². The lowest BCUT2D eigenvalue weighted by Gasteiger charge is -2.26. The summed E-state index contributed by atoms with van der Waals surface area (Å²) in [5.74, 6) is 0.856. The van der Waals surface area contributed by atoms with Crippen LogP contribution in [0.25, 0.3) is 0 Å². The van der Waals surface area contributed by atoms with Gasteiger partial charge in [0.15, 0.2) is 0 Å². The minimum atomic E-state index is -3.42. The summed E-state index contributed by atoms with van der Waals surface area (Å²) in [6.45, 7) is 2.04. The molecule has 1 aliphatic heterocycles. The van der Waals surface area contributed by atoms with Crippen LogP contribution in [-0.4, -0.2) is 36.8 Å². The summed E-state index contributed by atoms with van der Waals surface area (Å²) in [5.41, 5.74) is 1.24. The molecule has 5 nitrogen and oxygen atoms in total. The average molecular weight is 372 g/mol. The number of nitrogens with zero attached hydrogens (tertiary/aromatic N) is 3. The van der Waals surface area contributed by atoms with E-state index < -0.39 is 10.0 Å². The Bertz CT molecular complexity index is 827. The standard InChI is InChI=1S/C20H25N3O2S/c24-26(25,22-13-5-2-6-14-22)19-11-12-20(21-15-19)23(18-9-10-18)16-17-7-3-1-4-8-17/h1,3-4,7-8,11-12,15,18H,2,5-6,9-10,13-14,16H2. The van der Waals surface area contributed by atoms with Crippen molar-refractivity contribution in [2.75, 3.05) is 18.0 Å². The molecule has 2 heterocycles. The number of pyridine rings is 1. The fourth-order valence-electron chi connectivity index (χ4n) is 3.51. The molecule has 0 unspecified atom stereocenters. The number of sulfonamides is 1. The molecule has 1 aromatic carbocycles. The number of hydrogen-bond acceptors (Lipinski definition) is 4. The van der Waals surface area contributed by atoms with E-state index in [1.54, 1.807) is 10.4 Å². The highest BCUT2D eigenvalue weighted by atomic mass is 32.2. The van der Waals surface area contributed by atoms with Gasteiger partial charge >= 0.3 is 0 Å². The van der Waals surface area contributed by atoms with Crippen LogP contribution in [0, 0.1) is 0 Å². The average Bonchev–Trinajstić information content (AvgIpc) is 3.53. The number of hydrogen-bond donors (Lipinski definition) is 0. The van der Waals surface area contributed by atoms with Gasteiger partial charge in [-0.15, -0.1) is 0 Å². The first kappa shape index (κ1) is 17.5. The van der Waals surface area contributed by atoms with Crippen LogP contribution in [0.5, 0.6) is 0 Å². The molecule has 4 rings (SSSR count). The van der Waals surface area contributed by atoms with E-state index in [2.05, 4.69) is 22.0 Å². The molecule has 1 saturated carbocycles. The Morgan fingerprint density at radius 1 is 1.00 bits per heavy atom. The highest BCUT2D eigenvalue weighted by Crippen LogP contribution is 2.32. The predicted molar refractivity (Wildman–Crippen MR) is 102 cm³/mol. The number of piperidine rings is 1. The first-order valence-electron chi connectivity index (χ1n) is 9.41. The van der Waals surface area contributed by atoms with Crippen LogP contribution in [0.1, 0.15) is 37.7 Å². The van der Waals surface area contributed by atoms with Crippen LogP contribution in [-0.2, 0) is 16.6 Å². The van der Waals surface area contributed by atoms with Crippen LogP contribution in [0.15, 0.2) is 53.6 Å². The van der Waals surface area contributed by atoms with E-state index in [0.29, 0.717) is 24.0 Å². The number of anilines is 1. The van der Waals surface area contributed by atoms with Gasteiger partial charge in [-0.25, -0.2) is 13.4 Å². The molecule has 0 amide bonds. The third-order valence-electron chi connectivity index (χ3n) is 5.15. The zero-order chi connectivity index (χ0) is 18.0. The van der Waals surface area contributed by atoms with Crippen LogP contribution >= 0.6 is 0 Å². The van der Waals surface area contributed by atoms with Crippen LogP contribution in [0.4, 0.5) is 5.82 Å². The van der Waals surface area contributed by atoms with Crippen molar-refractivity contribution < 1.29 is 8.42 Å². The van der Waals surface area contributed by atoms with Crippen molar-refractivity contribution in [3.05, 3.63) is 54.2 Å². The quantitative estimate of drug-likeness (QED) is 0.781. The molecule has 0 bridgehead atoms. The van der Waals surface area contributed by atoms with Gasteiger partial charge in [0.1, 0.15) is 10.7 Å². The molecule has 1 aliphatic carbocycles. The van der Waals surface area contributed by atoms with E-state index in [4.69, 9.17) is 0 Å². The molecule has 2 aliphatic rings. The Balaban J connectivity index is 1.54. The third-order valence-corrected chi connectivity index (χ3v) is 7.03. The molecule has 6 heteroatoms. The summed E-state index contributed by atoms with van der Waals surface area (Å²) >= 11 is 0. The second-order valence-electron chi connectivity index (χ2n) is 7.16. The summed E-state index contributed by atoms with van der Waals surface area (Å²) < 4.78 is 27.1. The Morgan fingerprint density at radius 2 is 1.73 bits per heavy atom. The molecule has 0 atom stereocenters. The zero-order valence-corrected chi connectivity index (χ0v) is 15.7. The predicted octanol–water partition coefficient (Wildman–Crippen LogP) is 3.43. The highest BCUT2D eigenvalue weighted by molar-refractivity contribution is 7.89. The first-order valence-corrected chi connectivity index (χ1v) is 10.9. The maximum absolute atomic E-state index is 12.8. The normalized spacial score (nSPS) is 18.6. The van der Waals surface area contributed by atoms with Crippen LogP contribution in [0.3, 0.4) is 0 Å². The second-order valence-corrected chi connectivity index (χ2v) is 9.10. The summed E-state index contributed by atoms with van der Waals surface area (Å²) in [5, 5.41) is 0. The maximum Gasteiger partial charge on any atom is 0.244 e. The topological polar surface area (TPSA) is 53.5 Å². The van der Waals surface area contributed by atoms with Crippen molar-refractivity contribution in [1.29, 1.82) is 0 Å². The van der Waals surface area contributed by atoms with Crippen molar-refractivity contribution >= 4 is 15.8 Å². The fourth-order valence-corrected chi connectivity index (χ4v) is 4.98. The monoisotopic (exact) mass is 371 g/mol. The molecule has 2 fully saturated rings. The van der Waals surface area contributed by atoms with Crippen molar-refractivity contribution in [3.63, 3.8) is 0 Å². The maximum atomic E-state index is 12.8. The van der Waals surface area contributed by atoms with E-state index in [1.165, 1.54) is 24.6 Å². The van der Waals surface area contributed by atoms with E-state index in [0.717, 1.165) is 31.6 Å². The largest absolute Gasteiger partial charge is 0.349 e. The van der Waals surface area contributed by atoms with Gasteiger partial charge in [0, 0.05) is 31.9 Å². The van der Waals surface area contributed by atoms with Crippen molar-refractivity contribution in [1.82, 2.24) is 9.29 Å². The van der Waals surface area contributed by atoms with E-state index in [-0.39, 0.29) is 0 Å². The van der Waals surface area contributed by atoms with Crippen LogP contribution < -0.4 is 4.90 Å². The van der Waals surface area contributed by atoms with E-state index >= 15 is 0 Å². The number of benzene rings is 1. The lowest BCUT2D eigenvalue weighted by molar-refractivity contribution is 0.346.